The molecule has 1 aliphatic heterocycles. The molecule has 0 bridgehead atoms. The molecule has 1 saturated heterocycles. The molecule has 0 unspecified atom stereocenters. The summed E-state index contributed by atoms with van der Waals surface area (Å²) in [6.07, 6.45) is 0. The number of hydrogen-bond donors (Lipinski definition) is 1. The Morgan fingerprint density at radius 2 is 1.92 bits per heavy atom. The molecule has 1 aliphatic rings. The monoisotopic (exact) mass is 348 g/mol. The van der Waals surface area contributed by atoms with Crippen molar-refractivity contribution >= 4 is 16.9 Å². The number of amides is 1. The molecular weight excluding hydrogens is 328 g/mol. The van der Waals surface area contributed by atoms with E-state index in [0.29, 0.717) is 18.7 Å². The minimum atomic E-state index is -0.365. The molecule has 5 nitrogen and oxygen atoms in total. The van der Waals surface area contributed by atoms with Crippen LogP contribution in [-0.4, -0.2) is 23.9 Å². The lowest BCUT2D eigenvalue weighted by Crippen LogP contribution is -2.49. The number of nitrogens with zero attached hydrogens (tertiary/aromatic N) is 1. The van der Waals surface area contributed by atoms with Gasteiger partial charge in [-0.25, -0.2) is 4.79 Å². The summed E-state index contributed by atoms with van der Waals surface area (Å²) in [7, 11) is 0. The van der Waals surface area contributed by atoms with Gasteiger partial charge < -0.3 is 9.73 Å². The molecule has 26 heavy (non-hydrogen) atoms. The number of carbonyl (C=O) groups is 1. The lowest BCUT2D eigenvalue weighted by atomic mass is 10.0. The Morgan fingerprint density at radius 1 is 1.12 bits per heavy atom. The molecular formula is C21H20N2O3. The van der Waals surface area contributed by atoms with Crippen molar-refractivity contribution in [1.82, 2.24) is 10.2 Å². The smallest absolute Gasteiger partial charge is 0.336 e. The predicted molar refractivity (Wildman–Crippen MR) is 99.8 cm³/mol. The quantitative estimate of drug-likeness (QED) is 0.740. The Hall–Kier alpha value is -2.92. The normalized spacial score (nSPS) is 18.0. The maximum Gasteiger partial charge on any atom is 0.336 e. The molecule has 0 aliphatic carbocycles. The van der Waals surface area contributed by atoms with Gasteiger partial charge in [-0.3, -0.25) is 9.69 Å². The fourth-order valence-electron chi connectivity index (χ4n) is 3.57. The van der Waals surface area contributed by atoms with Crippen LogP contribution in [0.1, 0.15) is 22.7 Å². The summed E-state index contributed by atoms with van der Waals surface area (Å²) >= 11 is 0. The molecule has 1 atom stereocenters. The number of hydrogen-bond acceptors (Lipinski definition) is 4. The standard InChI is InChI=1S/C21H20N2O3/c1-14-7-8-17-16(12-19(24)26-18(17)11-14)13-23-10-9-22-21(25)20(23)15-5-3-2-4-6-15/h2-8,11-12,20H,9-10,13H2,1H3,(H,22,25)/t20-/m0/s1. The van der Waals surface area contributed by atoms with Gasteiger partial charge >= 0.3 is 5.63 Å². The third-order valence-corrected chi connectivity index (χ3v) is 4.79. The highest BCUT2D eigenvalue weighted by Gasteiger charge is 2.31. The van der Waals surface area contributed by atoms with Crippen molar-refractivity contribution in [2.45, 2.75) is 19.5 Å². The molecule has 1 amide bonds. The van der Waals surface area contributed by atoms with Crippen molar-refractivity contribution in [3.63, 3.8) is 0 Å². The van der Waals surface area contributed by atoms with Crippen LogP contribution in [0.25, 0.3) is 11.0 Å². The van der Waals surface area contributed by atoms with Gasteiger partial charge in [0.05, 0.1) is 0 Å². The zero-order valence-corrected chi connectivity index (χ0v) is 14.6. The van der Waals surface area contributed by atoms with Gasteiger partial charge in [0, 0.05) is 31.1 Å². The van der Waals surface area contributed by atoms with E-state index in [2.05, 4.69) is 10.2 Å². The van der Waals surface area contributed by atoms with Gasteiger partial charge in [-0.2, -0.15) is 0 Å². The molecule has 1 aromatic heterocycles. The topological polar surface area (TPSA) is 62.6 Å². The Labute approximate surface area is 151 Å². The Kier molecular flexibility index (Phi) is 4.31. The van der Waals surface area contributed by atoms with E-state index in [9.17, 15) is 9.59 Å². The summed E-state index contributed by atoms with van der Waals surface area (Å²) in [5, 5.41) is 3.85. The fraction of sp³-hybridized carbons (Fsp3) is 0.238. The first kappa shape index (κ1) is 16.5. The minimum Gasteiger partial charge on any atom is -0.423 e. The number of benzene rings is 2. The summed E-state index contributed by atoms with van der Waals surface area (Å²) in [4.78, 5) is 26.7. The average molecular weight is 348 g/mol. The number of carbonyl (C=O) groups excluding carboxylic acids is 1. The zero-order valence-electron chi connectivity index (χ0n) is 14.6. The van der Waals surface area contributed by atoms with E-state index in [4.69, 9.17) is 4.42 Å². The van der Waals surface area contributed by atoms with E-state index in [1.165, 1.54) is 6.07 Å². The summed E-state index contributed by atoms with van der Waals surface area (Å²) < 4.78 is 5.35. The number of fused-ring (bicyclic) bond motifs is 1. The minimum absolute atomic E-state index is 0.00874. The van der Waals surface area contributed by atoms with Crippen molar-refractivity contribution in [3.8, 4) is 0 Å². The van der Waals surface area contributed by atoms with Crippen LogP contribution in [0.2, 0.25) is 0 Å². The van der Waals surface area contributed by atoms with Crippen LogP contribution in [-0.2, 0) is 11.3 Å². The molecule has 1 fully saturated rings. The van der Waals surface area contributed by atoms with Crippen LogP contribution in [0.15, 0.2) is 63.8 Å². The van der Waals surface area contributed by atoms with Crippen LogP contribution in [0, 0.1) is 6.92 Å². The first-order valence-electron chi connectivity index (χ1n) is 8.72. The van der Waals surface area contributed by atoms with E-state index in [-0.39, 0.29) is 17.6 Å². The number of nitrogens with one attached hydrogen (secondary N) is 1. The van der Waals surface area contributed by atoms with E-state index >= 15 is 0 Å². The van der Waals surface area contributed by atoms with E-state index in [0.717, 1.165) is 28.6 Å². The summed E-state index contributed by atoms with van der Waals surface area (Å²) in [5.74, 6) is -0.00874. The molecule has 3 aromatic rings. The third-order valence-electron chi connectivity index (χ3n) is 4.79. The molecule has 2 aromatic carbocycles. The molecule has 4 rings (SSSR count). The van der Waals surface area contributed by atoms with Gasteiger partial charge in [-0.1, -0.05) is 42.5 Å². The first-order chi connectivity index (χ1) is 12.6. The molecule has 0 saturated carbocycles. The number of aryl methyl sites for hydroxylation is 1. The second-order valence-electron chi connectivity index (χ2n) is 6.67. The summed E-state index contributed by atoms with van der Waals surface area (Å²) in [6.45, 7) is 3.80. The van der Waals surface area contributed by atoms with Crippen molar-refractivity contribution in [2.24, 2.45) is 0 Å². The van der Waals surface area contributed by atoms with Crippen LogP contribution in [0.5, 0.6) is 0 Å². The first-order valence-corrected chi connectivity index (χ1v) is 8.72. The molecule has 0 radical (unpaired) electrons. The lowest BCUT2D eigenvalue weighted by molar-refractivity contribution is -0.129. The van der Waals surface area contributed by atoms with Crippen molar-refractivity contribution < 1.29 is 9.21 Å². The van der Waals surface area contributed by atoms with E-state index in [1.54, 1.807) is 0 Å². The third kappa shape index (κ3) is 3.13. The SMILES string of the molecule is Cc1ccc2c(CN3CCNC(=O)[C@@H]3c3ccccc3)cc(=O)oc2c1. The summed E-state index contributed by atoms with van der Waals surface area (Å²) in [6, 6.07) is 16.8. The Bertz CT molecular complexity index is 1010. The second-order valence-corrected chi connectivity index (χ2v) is 6.67. The molecule has 132 valence electrons. The molecule has 5 heteroatoms. The van der Waals surface area contributed by atoms with Gasteiger partial charge in [-0.15, -0.1) is 0 Å². The van der Waals surface area contributed by atoms with Gasteiger partial charge in [0.15, 0.2) is 0 Å². The second kappa shape index (κ2) is 6.77. The van der Waals surface area contributed by atoms with E-state index < -0.39 is 0 Å². The van der Waals surface area contributed by atoms with E-state index in [1.807, 2.05) is 55.5 Å². The Balaban J connectivity index is 1.74. The fourth-order valence-corrected chi connectivity index (χ4v) is 3.57. The number of piperazine rings is 1. The van der Waals surface area contributed by atoms with Crippen molar-refractivity contribution in [3.05, 3.63) is 81.7 Å². The highest BCUT2D eigenvalue weighted by atomic mass is 16.4. The van der Waals surface area contributed by atoms with Crippen LogP contribution in [0.4, 0.5) is 0 Å². The largest absolute Gasteiger partial charge is 0.423 e. The van der Waals surface area contributed by atoms with Crippen molar-refractivity contribution in [1.29, 1.82) is 0 Å². The van der Waals surface area contributed by atoms with Crippen LogP contribution >= 0.6 is 0 Å². The van der Waals surface area contributed by atoms with Gasteiger partial charge in [0.2, 0.25) is 5.91 Å². The van der Waals surface area contributed by atoms with Crippen LogP contribution < -0.4 is 10.9 Å². The molecule has 1 N–H and O–H groups in total. The van der Waals surface area contributed by atoms with Gasteiger partial charge in [-0.05, 0) is 29.7 Å². The molecule has 2 heterocycles. The van der Waals surface area contributed by atoms with Crippen LogP contribution in [0.3, 0.4) is 0 Å². The molecule has 0 spiro atoms. The van der Waals surface area contributed by atoms with Crippen molar-refractivity contribution in [2.75, 3.05) is 13.1 Å². The summed E-state index contributed by atoms with van der Waals surface area (Å²) in [5.41, 5.74) is 3.10. The Morgan fingerprint density at radius 3 is 2.73 bits per heavy atom. The maximum absolute atomic E-state index is 12.5. The average Bonchev–Trinajstić information content (AvgIpc) is 2.62. The highest BCUT2D eigenvalue weighted by molar-refractivity contribution is 5.84. The highest BCUT2D eigenvalue weighted by Crippen LogP contribution is 2.27. The lowest BCUT2D eigenvalue weighted by Gasteiger charge is -2.35. The predicted octanol–water partition coefficient (Wildman–Crippen LogP) is 2.77. The van der Waals surface area contributed by atoms with Gasteiger partial charge in [0.1, 0.15) is 11.6 Å². The number of rotatable bonds is 3. The van der Waals surface area contributed by atoms with Gasteiger partial charge in [0.25, 0.3) is 0 Å². The zero-order chi connectivity index (χ0) is 18.1. The maximum atomic E-state index is 12.5.